The molecule has 0 N–H and O–H groups in total. The highest BCUT2D eigenvalue weighted by Gasteiger charge is 2.81. The molecule has 0 saturated heterocycles. The molecule has 6 atom stereocenters. The Morgan fingerprint density at radius 3 is 2.30 bits per heavy atom. The maximum Gasteiger partial charge on any atom is 0.192 e. The number of allylic oxidation sites excluding steroid dienone is 1. The molecule has 0 bridgehead atoms. The molecule has 0 aromatic carbocycles. The maximum absolute atomic E-state index is 7.18. The zero-order valence-corrected chi connectivity index (χ0v) is 30.2. The Morgan fingerprint density at radius 2 is 1.70 bits per heavy atom. The summed E-state index contributed by atoms with van der Waals surface area (Å²) in [4.78, 5) is 0. The van der Waals surface area contributed by atoms with E-state index in [1.165, 1.54) is 18.0 Å². The Bertz CT molecular complexity index is 895. The molecule has 0 spiro atoms. The first-order chi connectivity index (χ1) is 16.9. The molecule has 8 heteroatoms. The van der Waals surface area contributed by atoms with Crippen LogP contribution in [0.2, 0.25) is 43.8 Å². The minimum absolute atomic E-state index is 0.0233. The number of hydrogen-bond donors (Lipinski definition) is 0. The number of halogens is 2. The second-order valence-electron chi connectivity index (χ2n) is 15.4. The third kappa shape index (κ3) is 5.12. The minimum atomic E-state index is -1.88. The lowest BCUT2D eigenvalue weighted by Crippen LogP contribution is -2.57. The molecule has 4 aliphatic carbocycles. The molecule has 37 heavy (non-hydrogen) atoms. The van der Waals surface area contributed by atoms with Gasteiger partial charge in [-0.1, -0.05) is 85.3 Å². The van der Waals surface area contributed by atoms with E-state index in [1.807, 2.05) is 0 Å². The molecular weight excluding hydrogens is 628 g/mol. The van der Waals surface area contributed by atoms with Gasteiger partial charge in [0, 0.05) is 37.8 Å². The van der Waals surface area contributed by atoms with Gasteiger partial charge in [-0.25, -0.2) is 0 Å². The van der Waals surface area contributed by atoms with Gasteiger partial charge in [-0.05, 0) is 61.9 Å². The zero-order valence-electron chi connectivity index (χ0n) is 25.1. The quantitative estimate of drug-likeness (QED) is 0.0761. The number of hydrogen-bond acceptors (Lipinski definition) is 4. The second-order valence-corrected chi connectivity index (χ2v) is 29.2. The Kier molecular flexibility index (Phi) is 8.41. The van der Waals surface area contributed by atoms with Crippen LogP contribution in [0.3, 0.4) is 0 Å². The second kappa shape index (κ2) is 10.1. The fourth-order valence-electron chi connectivity index (χ4n) is 7.93. The summed E-state index contributed by atoms with van der Waals surface area (Å²) in [6, 6.07) is 1.33. The topological polar surface area (TPSA) is 36.9 Å². The van der Waals surface area contributed by atoms with Crippen LogP contribution in [0.25, 0.3) is 0 Å². The van der Waals surface area contributed by atoms with E-state index < -0.39 is 16.4 Å². The van der Waals surface area contributed by atoms with Crippen molar-refractivity contribution in [2.45, 2.75) is 119 Å². The van der Waals surface area contributed by atoms with Gasteiger partial charge in [0.05, 0.1) is 28.2 Å². The molecule has 0 heterocycles. The van der Waals surface area contributed by atoms with Gasteiger partial charge in [-0.3, -0.25) is 0 Å². The summed E-state index contributed by atoms with van der Waals surface area (Å²) in [6.07, 6.45) is 8.51. The van der Waals surface area contributed by atoms with Gasteiger partial charge in [0.1, 0.15) is 6.79 Å². The molecule has 4 rings (SSSR count). The number of ether oxygens (including phenoxy) is 3. The van der Waals surface area contributed by atoms with Crippen LogP contribution in [0.15, 0.2) is 11.6 Å². The maximum atomic E-state index is 7.18. The monoisotopic (exact) mass is 678 g/mol. The van der Waals surface area contributed by atoms with E-state index in [2.05, 4.69) is 98.4 Å². The van der Waals surface area contributed by atoms with Crippen molar-refractivity contribution in [2.75, 3.05) is 27.1 Å². The smallest absolute Gasteiger partial charge is 0.192 e. The summed E-state index contributed by atoms with van der Waals surface area (Å²) < 4.78 is 25.3. The lowest BCUT2D eigenvalue weighted by atomic mass is 9.57. The molecule has 0 amide bonds. The highest BCUT2D eigenvalue weighted by atomic mass is 79.9. The van der Waals surface area contributed by atoms with Gasteiger partial charge in [0.2, 0.25) is 0 Å². The van der Waals surface area contributed by atoms with Crippen LogP contribution in [-0.2, 0) is 18.6 Å². The Morgan fingerprint density at radius 1 is 1.03 bits per heavy atom. The molecular formula is C29H52Br2O4Si2. The van der Waals surface area contributed by atoms with Crippen molar-refractivity contribution in [3.05, 3.63) is 11.6 Å². The standard InChI is InChI=1S/C29H52Br2O4Si2/c1-25(2,3)37(9,10)35-23-12-11-22-26(23,4)14-13-21-24-27(29(24,30)31,19-36(6,7)8)15-16-28(21,22)34-20-33-18-17-32-5/h13,22-24H,11-12,14-20H2,1-10H3/t22-,23+,24?,26+,27?,28-/m1/s1. The van der Waals surface area contributed by atoms with Crippen molar-refractivity contribution >= 4 is 48.3 Å². The Hall–Kier alpha value is 0.974. The molecule has 2 unspecified atom stereocenters. The minimum Gasteiger partial charge on any atom is -0.413 e. The van der Waals surface area contributed by atoms with E-state index in [0.29, 0.717) is 31.8 Å². The molecule has 3 fully saturated rings. The first kappa shape index (κ1) is 30.9. The van der Waals surface area contributed by atoms with Gasteiger partial charge in [-0.2, -0.15) is 0 Å². The summed E-state index contributed by atoms with van der Waals surface area (Å²) in [5, 5.41) is 0.210. The molecule has 0 aromatic heterocycles. The SMILES string of the molecule is COCCOCO[C@]12CCC3(C[Si](C)(C)C)C(C1=CC[C@]1(C)[C@@H](O[Si](C)(C)C(C)(C)C)CC[C@H]12)C3(Br)Br. The highest BCUT2D eigenvalue weighted by Crippen LogP contribution is 2.83. The van der Waals surface area contributed by atoms with Crippen LogP contribution in [0.5, 0.6) is 0 Å². The molecule has 214 valence electrons. The zero-order chi connectivity index (χ0) is 27.7. The summed E-state index contributed by atoms with van der Waals surface area (Å²) in [5.41, 5.74) is 1.64. The van der Waals surface area contributed by atoms with Gasteiger partial charge >= 0.3 is 0 Å². The Labute approximate surface area is 245 Å². The van der Waals surface area contributed by atoms with Crippen molar-refractivity contribution in [1.29, 1.82) is 0 Å². The molecule has 0 aliphatic heterocycles. The lowest BCUT2D eigenvalue weighted by molar-refractivity contribution is -0.185. The number of alkyl halides is 2. The van der Waals surface area contributed by atoms with Gasteiger partial charge in [-0.15, -0.1) is 0 Å². The van der Waals surface area contributed by atoms with Crippen molar-refractivity contribution in [3.63, 3.8) is 0 Å². The number of fused-ring (bicyclic) bond motifs is 5. The first-order valence-electron chi connectivity index (χ1n) is 14.3. The van der Waals surface area contributed by atoms with E-state index in [1.54, 1.807) is 7.11 Å². The fourth-order valence-corrected chi connectivity index (χ4v) is 14.7. The largest absolute Gasteiger partial charge is 0.413 e. The predicted molar refractivity (Wildman–Crippen MR) is 166 cm³/mol. The van der Waals surface area contributed by atoms with E-state index in [9.17, 15) is 0 Å². The highest BCUT2D eigenvalue weighted by molar-refractivity contribution is 9.25. The summed E-state index contributed by atoms with van der Waals surface area (Å²) in [5.74, 6) is 0.923. The van der Waals surface area contributed by atoms with E-state index >= 15 is 0 Å². The lowest BCUT2D eigenvalue weighted by Gasteiger charge is -2.55. The van der Waals surface area contributed by atoms with Crippen LogP contribution >= 0.6 is 31.9 Å². The van der Waals surface area contributed by atoms with Crippen molar-refractivity contribution in [2.24, 2.45) is 22.7 Å². The normalized spacial score (nSPS) is 39.0. The van der Waals surface area contributed by atoms with Crippen LogP contribution in [0.4, 0.5) is 0 Å². The van der Waals surface area contributed by atoms with Crippen molar-refractivity contribution in [1.82, 2.24) is 0 Å². The number of methoxy groups -OCH3 is 1. The first-order valence-corrected chi connectivity index (χ1v) is 22.5. The van der Waals surface area contributed by atoms with Gasteiger partial charge in [0.15, 0.2) is 8.32 Å². The van der Waals surface area contributed by atoms with Crippen molar-refractivity contribution in [3.8, 4) is 0 Å². The summed E-state index contributed by atoms with van der Waals surface area (Å²) in [6.45, 7) is 23.4. The van der Waals surface area contributed by atoms with E-state index in [0.717, 1.165) is 25.7 Å². The van der Waals surface area contributed by atoms with Gasteiger partial charge < -0.3 is 18.6 Å². The van der Waals surface area contributed by atoms with Gasteiger partial charge in [0.25, 0.3) is 0 Å². The number of rotatable bonds is 10. The van der Waals surface area contributed by atoms with Crippen LogP contribution in [-0.4, -0.2) is 58.4 Å². The summed E-state index contributed by atoms with van der Waals surface area (Å²) >= 11 is 8.43. The van der Waals surface area contributed by atoms with E-state index in [4.69, 9.17) is 18.6 Å². The Balaban J connectivity index is 1.68. The summed E-state index contributed by atoms with van der Waals surface area (Å²) in [7, 11) is -1.43. The molecule has 0 radical (unpaired) electrons. The fraction of sp³-hybridized carbons (Fsp3) is 0.931. The average Bonchev–Trinajstić information content (AvgIpc) is 3.02. The van der Waals surface area contributed by atoms with Crippen LogP contribution in [0.1, 0.15) is 59.8 Å². The average molecular weight is 681 g/mol. The molecule has 4 nitrogen and oxygen atoms in total. The molecule has 3 saturated carbocycles. The third-order valence-corrected chi connectivity index (χ3v) is 19.4. The molecule has 4 aliphatic rings. The molecule has 0 aromatic rings. The third-order valence-electron chi connectivity index (χ3n) is 10.7. The van der Waals surface area contributed by atoms with Crippen molar-refractivity contribution < 1.29 is 18.6 Å². The van der Waals surface area contributed by atoms with E-state index in [-0.39, 0.29) is 30.8 Å². The van der Waals surface area contributed by atoms with Crippen LogP contribution in [0, 0.1) is 22.7 Å². The van der Waals surface area contributed by atoms with Crippen LogP contribution < -0.4 is 0 Å². The predicted octanol–water partition coefficient (Wildman–Crippen LogP) is 8.73.